The number of amides is 1. The van der Waals surface area contributed by atoms with Gasteiger partial charge in [-0.25, -0.2) is 0 Å². The van der Waals surface area contributed by atoms with Crippen molar-refractivity contribution in [1.29, 1.82) is 0 Å². The number of hydrogen-bond donors (Lipinski definition) is 0. The Kier molecular flexibility index (Phi) is 6.60. The number of benzene rings is 2. The number of ether oxygens (including phenoxy) is 2. The lowest BCUT2D eigenvalue weighted by molar-refractivity contribution is 0.0785. The molecule has 0 N–H and O–H groups in total. The Morgan fingerprint density at radius 2 is 1.67 bits per heavy atom. The van der Waals surface area contributed by atoms with Crippen LogP contribution in [-0.2, 0) is 6.54 Å². The van der Waals surface area contributed by atoms with E-state index in [1.807, 2.05) is 61.8 Å². The van der Waals surface area contributed by atoms with Gasteiger partial charge in [-0.3, -0.25) is 4.79 Å². The molecule has 0 saturated carbocycles. The SMILES string of the molecule is COc1cc(C)c(CN(C)C(=O)c2ccc(C3SCCS3)cc2)cc1OC. The summed E-state index contributed by atoms with van der Waals surface area (Å²) in [6.07, 6.45) is 0. The van der Waals surface area contributed by atoms with Gasteiger partial charge in [0, 0.05) is 30.7 Å². The van der Waals surface area contributed by atoms with Crippen LogP contribution in [0.2, 0.25) is 0 Å². The van der Waals surface area contributed by atoms with Crippen molar-refractivity contribution in [2.24, 2.45) is 0 Å². The molecule has 4 nitrogen and oxygen atoms in total. The van der Waals surface area contributed by atoms with Crippen molar-refractivity contribution in [2.45, 2.75) is 18.1 Å². The molecule has 2 aromatic rings. The Bertz CT molecular complexity index is 802. The predicted molar refractivity (Wildman–Crippen MR) is 114 cm³/mol. The number of rotatable bonds is 6. The molecule has 1 heterocycles. The molecule has 2 aromatic carbocycles. The van der Waals surface area contributed by atoms with Crippen molar-refractivity contribution >= 4 is 29.4 Å². The maximum atomic E-state index is 12.8. The lowest BCUT2D eigenvalue weighted by Gasteiger charge is -2.20. The van der Waals surface area contributed by atoms with E-state index in [9.17, 15) is 4.79 Å². The van der Waals surface area contributed by atoms with Crippen LogP contribution in [0.3, 0.4) is 0 Å². The molecule has 0 aliphatic carbocycles. The number of methoxy groups -OCH3 is 2. The second kappa shape index (κ2) is 8.93. The Morgan fingerprint density at radius 3 is 2.26 bits per heavy atom. The zero-order valence-corrected chi connectivity index (χ0v) is 17.8. The van der Waals surface area contributed by atoms with E-state index in [-0.39, 0.29) is 5.91 Å². The number of thioether (sulfide) groups is 2. The first-order chi connectivity index (χ1) is 13.0. The zero-order chi connectivity index (χ0) is 19.4. The normalized spacial score (nSPS) is 14.2. The van der Waals surface area contributed by atoms with E-state index >= 15 is 0 Å². The molecule has 0 bridgehead atoms. The van der Waals surface area contributed by atoms with Crippen LogP contribution >= 0.6 is 23.5 Å². The van der Waals surface area contributed by atoms with Crippen molar-refractivity contribution in [3.8, 4) is 11.5 Å². The highest BCUT2D eigenvalue weighted by atomic mass is 32.2. The lowest BCUT2D eigenvalue weighted by atomic mass is 10.1. The van der Waals surface area contributed by atoms with Gasteiger partial charge in [-0.1, -0.05) is 12.1 Å². The van der Waals surface area contributed by atoms with E-state index < -0.39 is 0 Å². The number of nitrogens with zero attached hydrogens (tertiary/aromatic N) is 1. The smallest absolute Gasteiger partial charge is 0.253 e. The number of carbonyl (C=O) groups is 1. The fraction of sp³-hybridized carbons (Fsp3) is 0.381. The van der Waals surface area contributed by atoms with E-state index in [0.29, 0.717) is 28.2 Å². The zero-order valence-electron chi connectivity index (χ0n) is 16.2. The number of aryl methyl sites for hydroxylation is 1. The van der Waals surface area contributed by atoms with Crippen molar-refractivity contribution < 1.29 is 14.3 Å². The highest BCUT2D eigenvalue weighted by Crippen LogP contribution is 2.45. The fourth-order valence-electron chi connectivity index (χ4n) is 3.07. The molecular weight excluding hydrogens is 378 g/mol. The molecule has 1 saturated heterocycles. The molecule has 0 aromatic heterocycles. The van der Waals surface area contributed by atoms with Crippen LogP contribution in [0.5, 0.6) is 11.5 Å². The molecule has 1 aliphatic heterocycles. The van der Waals surface area contributed by atoms with Gasteiger partial charge in [-0.2, -0.15) is 0 Å². The maximum absolute atomic E-state index is 12.8. The molecule has 3 rings (SSSR count). The van der Waals surface area contributed by atoms with Gasteiger partial charge in [0.15, 0.2) is 11.5 Å². The van der Waals surface area contributed by atoms with Gasteiger partial charge in [0.2, 0.25) is 0 Å². The van der Waals surface area contributed by atoms with Gasteiger partial charge in [-0.05, 0) is 47.9 Å². The highest BCUT2D eigenvalue weighted by Gasteiger charge is 2.19. The monoisotopic (exact) mass is 403 g/mol. The quantitative estimate of drug-likeness (QED) is 0.695. The van der Waals surface area contributed by atoms with Crippen molar-refractivity contribution in [1.82, 2.24) is 4.90 Å². The third-order valence-corrected chi connectivity index (χ3v) is 7.75. The van der Waals surface area contributed by atoms with Crippen LogP contribution in [-0.4, -0.2) is 43.6 Å². The summed E-state index contributed by atoms with van der Waals surface area (Å²) in [4.78, 5) is 14.6. The van der Waals surface area contributed by atoms with Crippen LogP contribution in [0.25, 0.3) is 0 Å². The summed E-state index contributed by atoms with van der Waals surface area (Å²) in [6.45, 7) is 2.53. The van der Waals surface area contributed by atoms with Crippen molar-refractivity contribution in [3.63, 3.8) is 0 Å². The molecule has 1 aliphatic rings. The number of hydrogen-bond acceptors (Lipinski definition) is 5. The van der Waals surface area contributed by atoms with Gasteiger partial charge in [0.25, 0.3) is 5.91 Å². The summed E-state index contributed by atoms with van der Waals surface area (Å²) < 4.78 is 11.2. The first-order valence-electron chi connectivity index (χ1n) is 8.83. The highest BCUT2D eigenvalue weighted by molar-refractivity contribution is 8.19. The van der Waals surface area contributed by atoms with Crippen LogP contribution in [0.15, 0.2) is 36.4 Å². The topological polar surface area (TPSA) is 38.8 Å². The predicted octanol–water partition coefficient (Wildman–Crippen LogP) is 4.76. The summed E-state index contributed by atoms with van der Waals surface area (Å²) in [5.74, 6) is 3.79. The van der Waals surface area contributed by atoms with E-state index in [4.69, 9.17) is 9.47 Å². The number of carbonyl (C=O) groups excluding carboxylic acids is 1. The summed E-state index contributed by atoms with van der Waals surface area (Å²) in [5, 5.41) is 0. The molecule has 0 spiro atoms. The van der Waals surface area contributed by atoms with Crippen LogP contribution in [0, 0.1) is 6.92 Å². The second-order valence-corrected chi connectivity index (χ2v) is 9.21. The van der Waals surface area contributed by atoms with Gasteiger partial charge < -0.3 is 14.4 Å². The first kappa shape index (κ1) is 20.0. The fourth-order valence-corrected chi connectivity index (χ4v) is 5.93. The molecule has 1 amide bonds. The minimum absolute atomic E-state index is 0.0162. The lowest BCUT2D eigenvalue weighted by Crippen LogP contribution is -2.26. The van der Waals surface area contributed by atoms with Gasteiger partial charge >= 0.3 is 0 Å². The van der Waals surface area contributed by atoms with E-state index in [0.717, 1.165) is 11.1 Å². The van der Waals surface area contributed by atoms with E-state index in [1.54, 1.807) is 19.1 Å². The summed E-state index contributed by atoms with van der Waals surface area (Å²) in [7, 11) is 5.07. The Balaban J connectivity index is 1.72. The molecule has 0 atom stereocenters. The molecule has 144 valence electrons. The van der Waals surface area contributed by atoms with Crippen molar-refractivity contribution in [3.05, 3.63) is 58.7 Å². The molecule has 6 heteroatoms. The van der Waals surface area contributed by atoms with Crippen LogP contribution in [0.4, 0.5) is 0 Å². The van der Waals surface area contributed by atoms with Crippen molar-refractivity contribution in [2.75, 3.05) is 32.8 Å². The van der Waals surface area contributed by atoms with E-state index in [1.165, 1.54) is 17.1 Å². The van der Waals surface area contributed by atoms with E-state index in [2.05, 4.69) is 12.1 Å². The standard InChI is InChI=1S/C21H25NO3S2/c1-14-11-18(24-3)19(25-4)12-17(14)13-22(2)20(23)15-5-7-16(8-6-15)21-26-9-10-27-21/h5-8,11-12,21H,9-10,13H2,1-4H3. The molecular formula is C21H25NO3S2. The third kappa shape index (κ3) is 4.55. The van der Waals surface area contributed by atoms with Gasteiger partial charge in [0.1, 0.15) is 0 Å². The summed E-state index contributed by atoms with van der Waals surface area (Å²) in [6, 6.07) is 11.9. The Labute approximate surface area is 169 Å². The molecule has 0 unspecified atom stereocenters. The van der Waals surface area contributed by atoms with Gasteiger partial charge in [-0.15, -0.1) is 23.5 Å². The second-order valence-electron chi connectivity index (χ2n) is 6.49. The molecule has 27 heavy (non-hydrogen) atoms. The maximum Gasteiger partial charge on any atom is 0.253 e. The van der Waals surface area contributed by atoms with Gasteiger partial charge in [0.05, 0.1) is 18.8 Å². The third-order valence-electron chi connectivity index (χ3n) is 4.65. The summed E-state index contributed by atoms with van der Waals surface area (Å²) in [5.41, 5.74) is 4.11. The average Bonchev–Trinajstić information content (AvgIpc) is 3.23. The van der Waals surface area contributed by atoms with Crippen LogP contribution in [0.1, 0.15) is 31.6 Å². The molecule has 0 radical (unpaired) electrons. The average molecular weight is 404 g/mol. The Hall–Kier alpha value is -1.79. The largest absolute Gasteiger partial charge is 0.493 e. The Morgan fingerprint density at radius 1 is 1.07 bits per heavy atom. The minimum atomic E-state index is 0.0162. The first-order valence-corrected chi connectivity index (χ1v) is 10.9. The van der Waals surface area contributed by atoms with Crippen LogP contribution < -0.4 is 9.47 Å². The minimum Gasteiger partial charge on any atom is -0.493 e. The molecule has 1 fully saturated rings. The summed E-state index contributed by atoms with van der Waals surface area (Å²) >= 11 is 3.94.